The lowest BCUT2D eigenvalue weighted by atomic mass is 9.88. The Morgan fingerprint density at radius 2 is 1.15 bits per heavy atom. The fourth-order valence-electron chi connectivity index (χ4n) is 3.68. The summed E-state index contributed by atoms with van der Waals surface area (Å²) in [6.45, 7) is 14.5. The molecule has 0 radical (unpaired) electrons. The van der Waals surface area contributed by atoms with Gasteiger partial charge < -0.3 is 0 Å². The number of benzene rings is 2. The second-order valence-corrected chi connectivity index (χ2v) is 16.2. The molecule has 0 aliphatic carbocycles. The van der Waals surface area contributed by atoms with E-state index in [0.29, 0.717) is 10.5 Å². The van der Waals surface area contributed by atoms with Crippen molar-refractivity contribution in [1.29, 1.82) is 0 Å². The van der Waals surface area contributed by atoms with Crippen LogP contribution in [-0.4, -0.2) is 33.5 Å². The molecule has 0 aromatic heterocycles. The molecule has 5 heteroatoms. The first-order valence-electron chi connectivity index (χ1n) is 11.7. The summed E-state index contributed by atoms with van der Waals surface area (Å²) in [6, 6.07) is 21.6. The van der Waals surface area contributed by atoms with Crippen molar-refractivity contribution >= 4 is 58.8 Å². The van der Waals surface area contributed by atoms with Crippen molar-refractivity contribution in [2.75, 3.05) is 23.0 Å². The monoisotopic (exact) mass is 534 g/mol. The van der Waals surface area contributed by atoms with E-state index in [1.165, 1.54) is 27.0 Å². The Labute approximate surface area is 223 Å². The van der Waals surface area contributed by atoms with Crippen LogP contribution in [0.4, 0.5) is 0 Å². The molecule has 2 atom stereocenters. The van der Waals surface area contributed by atoms with Gasteiger partial charge in [-0.3, -0.25) is 0 Å². The van der Waals surface area contributed by atoms with Gasteiger partial charge in [-0.1, -0.05) is 77.9 Å². The molecule has 1 heterocycles. The molecule has 2 unspecified atom stereocenters. The molecule has 2 aromatic rings. The molecule has 0 nitrogen and oxygen atoms in total. The summed E-state index contributed by atoms with van der Waals surface area (Å²) in [5, 5.41) is 1.22. The van der Waals surface area contributed by atoms with Gasteiger partial charge in [-0.15, -0.1) is 47.0 Å². The van der Waals surface area contributed by atoms with Gasteiger partial charge in [0, 0.05) is 53.1 Å². The molecule has 0 saturated carbocycles. The van der Waals surface area contributed by atoms with Crippen LogP contribution in [0.2, 0.25) is 0 Å². The minimum atomic E-state index is 0.206. The second-order valence-electron chi connectivity index (χ2n) is 10.3. The molecule has 0 bridgehead atoms. The summed E-state index contributed by atoms with van der Waals surface area (Å²) in [5.41, 5.74) is 0.490. The molecule has 3 rings (SSSR count). The molecule has 0 amide bonds. The Balaban J connectivity index is 1.67. The smallest absolute Gasteiger partial charge is 0.0492 e. The van der Waals surface area contributed by atoms with E-state index in [1.807, 2.05) is 23.5 Å². The number of hydrogen-bond acceptors (Lipinski definition) is 5. The van der Waals surface area contributed by atoms with Crippen LogP contribution < -0.4 is 0 Å². The van der Waals surface area contributed by atoms with E-state index in [-0.39, 0.29) is 10.8 Å². The number of thioether (sulfide) groups is 5. The van der Waals surface area contributed by atoms with Gasteiger partial charge in [-0.25, -0.2) is 0 Å². The van der Waals surface area contributed by atoms with Crippen molar-refractivity contribution in [3.05, 3.63) is 70.5 Å². The minimum absolute atomic E-state index is 0.206. The van der Waals surface area contributed by atoms with E-state index >= 15 is 0 Å². The van der Waals surface area contributed by atoms with Crippen LogP contribution in [0.15, 0.2) is 80.3 Å². The van der Waals surface area contributed by atoms with Crippen molar-refractivity contribution in [2.45, 2.75) is 61.8 Å². The average molecular weight is 535 g/mol. The normalized spacial score (nSPS) is 19.3. The zero-order chi connectivity index (χ0) is 23.9. The summed E-state index contributed by atoms with van der Waals surface area (Å²) in [6.07, 6.45) is 0. The highest BCUT2D eigenvalue weighted by Gasteiger charge is 2.45. The summed E-state index contributed by atoms with van der Waals surface area (Å²) in [4.78, 5) is 6.05. The van der Waals surface area contributed by atoms with Gasteiger partial charge in [0.1, 0.15) is 0 Å². The highest BCUT2D eigenvalue weighted by molar-refractivity contribution is 8.12. The minimum Gasteiger partial charge on any atom is -0.151 e. The first-order valence-corrected chi connectivity index (χ1v) is 16.6. The standard InChI is InChI=1S/C28H38S5/c1-27(2,3)25-23(31-19-17-29-21-13-9-7-10-14-21)24(26(33-25)28(4,5)6)32-20-18-30-22-15-11-8-12-16-22/h7-16,23,25H,17-20H2,1-6H3. The first-order chi connectivity index (χ1) is 15.7. The van der Waals surface area contributed by atoms with Crippen LogP contribution in [-0.2, 0) is 0 Å². The van der Waals surface area contributed by atoms with Crippen molar-refractivity contribution in [3.8, 4) is 0 Å². The second kappa shape index (κ2) is 12.8. The van der Waals surface area contributed by atoms with E-state index in [1.54, 1.807) is 9.81 Å². The predicted octanol–water partition coefficient (Wildman–Crippen LogP) is 9.83. The lowest BCUT2D eigenvalue weighted by Gasteiger charge is -2.32. The number of allylic oxidation sites excluding steroid dienone is 1. The maximum Gasteiger partial charge on any atom is 0.0492 e. The third-order valence-corrected chi connectivity index (χ3v) is 13.1. The van der Waals surface area contributed by atoms with Crippen LogP contribution in [0, 0.1) is 10.8 Å². The summed E-state index contributed by atoms with van der Waals surface area (Å²) >= 11 is 10.5. The van der Waals surface area contributed by atoms with Gasteiger partial charge in [-0.05, 0) is 35.1 Å². The van der Waals surface area contributed by atoms with Crippen LogP contribution in [0.1, 0.15) is 41.5 Å². The van der Waals surface area contributed by atoms with Crippen LogP contribution in [0.25, 0.3) is 0 Å². The Morgan fingerprint density at radius 3 is 1.64 bits per heavy atom. The molecule has 1 aliphatic rings. The third-order valence-electron chi connectivity index (χ3n) is 5.28. The van der Waals surface area contributed by atoms with Crippen molar-refractivity contribution < 1.29 is 0 Å². The van der Waals surface area contributed by atoms with E-state index in [2.05, 4.69) is 137 Å². The molecule has 0 N–H and O–H groups in total. The van der Waals surface area contributed by atoms with E-state index in [0.717, 1.165) is 5.75 Å². The zero-order valence-electron chi connectivity index (χ0n) is 20.8. The highest BCUT2D eigenvalue weighted by atomic mass is 32.2. The molecule has 2 aromatic carbocycles. The van der Waals surface area contributed by atoms with Crippen LogP contribution in [0.5, 0.6) is 0 Å². The van der Waals surface area contributed by atoms with Gasteiger partial charge in [0.05, 0.1) is 0 Å². The largest absolute Gasteiger partial charge is 0.151 e. The van der Waals surface area contributed by atoms with E-state index in [9.17, 15) is 0 Å². The molecule has 180 valence electrons. The fraction of sp³-hybridized carbons (Fsp3) is 0.500. The molecule has 0 fully saturated rings. The average Bonchev–Trinajstić information content (AvgIpc) is 3.15. The van der Waals surface area contributed by atoms with Crippen molar-refractivity contribution in [2.24, 2.45) is 10.8 Å². The van der Waals surface area contributed by atoms with Crippen LogP contribution >= 0.6 is 58.8 Å². The maximum absolute atomic E-state index is 2.43. The number of hydrogen-bond donors (Lipinski definition) is 0. The van der Waals surface area contributed by atoms with Gasteiger partial charge >= 0.3 is 0 Å². The van der Waals surface area contributed by atoms with E-state index < -0.39 is 0 Å². The van der Waals surface area contributed by atoms with Crippen molar-refractivity contribution in [1.82, 2.24) is 0 Å². The van der Waals surface area contributed by atoms with Gasteiger partial charge in [0.25, 0.3) is 0 Å². The van der Waals surface area contributed by atoms with E-state index in [4.69, 9.17) is 0 Å². The van der Waals surface area contributed by atoms with Gasteiger partial charge in [0.15, 0.2) is 0 Å². The molecule has 0 spiro atoms. The molecule has 0 saturated heterocycles. The SMILES string of the molecule is CC(C)(C)C1=C(SCCSc2ccccc2)C(SCCSc2ccccc2)C(C(C)(C)C)S1. The Hall–Kier alpha value is -0.0700. The summed E-state index contributed by atoms with van der Waals surface area (Å²) in [7, 11) is 0. The third kappa shape index (κ3) is 8.52. The van der Waals surface area contributed by atoms with Crippen LogP contribution in [0.3, 0.4) is 0 Å². The lowest BCUT2D eigenvalue weighted by Crippen LogP contribution is -2.31. The Bertz CT molecular complexity index is 878. The molecule has 33 heavy (non-hydrogen) atoms. The number of rotatable bonds is 10. The highest BCUT2D eigenvalue weighted by Crippen LogP contribution is 2.58. The lowest BCUT2D eigenvalue weighted by molar-refractivity contribution is 0.401. The first kappa shape index (κ1) is 27.5. The maximum atomic E-state index is 2.43. The van der Waals surface area contributed by atoms with Crippen molar-refractivity contribution in [3.63, 3.8) is 0 Å². The molecular weight excluding hydrogens is 497 g/mol. The molecular formula is C28H38S5. The van der Waals surface area contributed by atoms with Gasteiger partial charge in [-0.2, -0.15) is 11.8 Å². The summed E-state index contributed by atoms with van der Waals surface area (Å²) < 4.78 is 0. The molecule has 1 aliphatic heterocycles. The quantitative estimate of drug-likeness (QED) is 0.219. The zero-order valence-corrected chi connectivity index (χ0v) is 24.9. The van der Waals surface area contributed by atoms with Gasteiger partial charge in [0.2, 0.25) is 0 Å². The fourth-order valence-corrected chi connectivity index (χ4v) is 11.1. The predicted molar refractivity (Wildman–Crippen MR) is 160 cm³/mol. The Morgan fingerprint density at radius 1 is 0.667 bits per heavy atom. The topological polar surface area (TPSA) is 0 Å². The summed E-state index contributed by atoms with van der Waals surface area (Å²) in [5.74, 6) is 4.68. The Kier molecular flexibility index (Phi) is 10.6.